The van der Waals surface area contributed by atoms with Crippen molar-refractivity contribution in [3.05, 3.63) is 118 Å². The minimum absolute atomic E-state index is 0.195. The van der Waals surface area contributed by atoms with Crippen molar-refractivity contribution in [2.75, 3.05) is 6.54 Å². The van der Waals surface area contributed by atoms with Crippen molar-refractivity contribution in [3.8, 4) is 17.1 Å². The lowest BCUT2D eigenvalue weighted by molar-refractivity contribution is -0.170. The highest BCUT2D eigenvalue weighted by molar-refractivity contribution is 7.00. The van der Waals surface area contributed by atoms with Crippen LogP contribution in [0.5, 0.6) is 5.75 Å². The quantitative estimate of drug-likeness (QED) is 0.196. The van der Waals surface area contributed by atoms with E-state index in [0.717, 1.165) is 27.8 Å². The molecule has 244 valence electrons. The van der Waals surface area contributed by atoms with Crippen LogP contribution in [0, 0.1) is 0 Å². The van der Waals surface area contributed by atoms with Gasteiger partial charge in [0.1, 0.15) is 12.4 Å². The number of hydrogen-bond acceptors (Lipinski definition) is 8. The van der Waals surface area contributed by atoms with Crippen LogP contribution in [-0.4, -0.2) is 36.4 Å². The SMILES string of the molecule is CCc1c2c(nc3ccc(O[Si](c4ccccc4)(c4ccccc4)C(C)(C)C)cc13)-c1cc3c(c(=O)n1C2)COC(=O)[C@H]3OC(=O)CN. The summed E-state index contributed by atoms with van der Waals surface area (Å²) in [5.41, 5.74) is 9.75. The van der Waals surface area contributed by atoms with Crippen molar-refractivity contribution in [2.24, 2.45) is 5.73 Å². The fourth-order valence-electron chi connectivity index (χ4n) is 7.26. The largest absolute Gasteiger partial charge is 0.534 e. The van der Waals surface area contributed by atoms with Crippen LogP contribution in [0.1, 0.15) is 56.1 Å². The molecule has 48 heavy (non-hydrogen) atoms. The first-order valence-corrected chi connectivity index (χ1v) is 18.1. The van der Waals surface area contributed by atoms with Crippen molar-refractivity contribution < 1.29 is 23.5 Å². The molecule has 2 aliphatic heterocycles. The molecule has 0 bridgehead atoms. The molecule has 1 atom stereocenters. The van der Waals surface area contributed by atoms with Crippen LogP contribution in [0.15, 0.2) is 89.7 Å². The van der Waals surface area contributed by atoms with Gasteiger partial charge in [0.05, 0.1) is 35.6 Å². The molecular formula is C38H37N3O6Si. The Morgan fingerprint density at radius 2 is 1.65 bits per heavy atom. The van der Waals surface area contributed by atoms with Gasteiger partial charge in [-0.15, -0.1) is 0 Å². The van der Waals surface area contributed by atoms with Crippen LogP contribution >= 0.6 is 0 Å². The Kier molecular flexibility index (Phi) is 7.80. The third-order valence-corrected chi connectivity index (χ3v) is 14.4. The number of esters is 2. The standard InChI is InChI=1S/C38H37N3O6Si/c1-5-26-27-18-23(47-48(38(2,3)4,24-12-8-6-9-13-24)25-14-10-7-11-15-25)16-17-31(27)40-34-29(26)21-41-32(34)19-28-30(36(41)43)22-45-37(44)35(28)46-33(42)20-39/h6-19,35H,5,20-22,39H2,1-4H3/t35-/m0/s1. The van der Waals surface area contributed by atoms with E-state index in [-0.39, 0.29) is 22.8 Å². The number of aryl methyl sites for hydroxylation is 1. The maximum Gasteiger partial charge on any atom is 0.352 e. The molecule has 10 heteroatoms. The van der Waals surface area contributed by atoms with Crippen LogP contribution in [0.3, 0.4) is 0 Å². The van der Waals surface area contributed by atoms with Gasteiger partial charge in [0.25, 0.3) is 5.56 Å². The number of nitrogens with two attached hydrogens (primary N) is 1. The van der Waals surface area contributed by atoms with E-state index in [9.17, 15) is 14.4 Å². The van der Waals surface area contributed by atoms with Gasteiger partial charge in [-0.05, 0) is 51.7 Å². The second-order valence-corrected chi connectivity index (χ2v) is 17.5. The van der Waals surface area contributed by atoms with Crippen LogP contribution in [-0.2, 0) is 38.6 Å². The number of carbonyl (C=O) groups excluding carboxylic acids is 2. The predicted molar refractivity (Wildman–Crippen MR) is 186 cm³/mol. The second kappa shape index (κ2) is 11.9. The zero-order chi connectivity index (χ0) is 33.8. The minimum Gasteiger partial charge on any atom is -0.534 e. The molecule has 0 saturated heterocycles. The van der Waals surface area contributed by atoms with E-state index in [2.05, 4.69) is 82.3 Å². The molecule has 0 fully saturated rings. The molecule has 9 nitrogen and oxygen atoms in total. The number of fused-ring (bicyclic) bond motifs is 5. The van der Waals surface area contributed by atoms with Crippen LogP contribution in [0.2, 0.25) is 5.04 Å². The fraction of sp³-hybridized carbons (Fsp3) is 0.263. The molecule has 2 N–H and O–H groups in total. The van der Waals surface area contributed by atoms with Gasteiger partial charge < -0.3 is 24.2 Å². The summed E-state index contributed by atoms with van der Waals surface area (Å²) in [6.07, 6.45) is -0.662. The molecule has 4 heterocycles. The third kappa shape index (κ3) is 4.94. The Morgan fingerprint density at radius 3 is 2.25 bits per heavy atom. The summed E-state index contributed by atoms with van der Waals surface area (Å²) in [7, 11) is -2.88. The average molecular weight is 660 g/mol. The highest BCUT2D eigenvalue weighted by Gasteiger charge is 2.52. The molecule has 2 aromatic heterocycles. The maximum atomic E-state index is 13.8. The second-order valence-electron chi connectivity index (χ2n) is 13.3. The van der Waals surface area contributed by atoms with Gasteiger partial charge in [-0.25, -0.2) is 9.78 Å². The van der Waals surface area contributed by atoms with E-state index in [1.54, 1.807) is 10.6 Å². The highest BCUT2D eigenvalue weighted by Crippen LogP contribution is 2.41. The summed E-state index contributed by atoms with van der Waals surface area (Å²) in [5.74, 6) is -0.739. The van der Waals surface area contributed by atoms with E-state index in [1.165, 1.54) is 10.4 Å². The van der Waals surface area contributed by atoms with E-state index >= 15 is 0 Å². The van der Waals surface area contributed by atoms with Gasteiger partial charge in [-0.1, -0.05) is 88.4 Å². The van der Waals surface area contributed by atoms with Gasteiger partial charge in [-0.2, -0.15) is 0 Å². The van der Waals surface area contributed by atoms with E-state index in [4.69, 9.17) is 24.6 Å². The number of cyclic esters (lactones) is 1. The molecule has 7 rings (SSSR count). The number of carbonyl (C=O) groups is 2. The zero-order valence-corrected chi connectivity index (χ0v) is 28.4. The van der Waals surface area contributed by atoms with Crippen molar-refractivity contribution in [1.82, 2.24) is 9.55 Å². The number of ether oxygens (including phenoxy) is 2. The first kappa shape index (κ1) is 31.5. The number of nitrogens with zero attached hydrogens (tertiary/aromatic N) is 2. The predicted octanol–water partition coefficient (Wildman–Crippen LogP) is 4.53. The fourth-order valence-corrected chi connectivity index (χ4v) is 11.7. The van der Waals surface area contributed by atoms with Crippen molar-refractivity contribution >= 4 is 41.5 Å². The lowest BCUT2D eigenvalue weighted by Gasteiger charge is -2.43. The molecule has 5 aromatic rings. The highest BCUT2D eigenvalue weighted by atomic mass is 28.4. The van der Waals surface area contributed by atoms with E-state index in [0.29, 0.717) is 29.9 Å². The minimum atomic E-state index is -2.88. The number of rotatable bonds is 7. The summed E-state index contributed by atoms with van der Waals surface area (Å²) in [6, 6.07) is 28.8. The number of aromatic nitrogens is 2. The summed E-state index contributed by atoms with van der Waals surface area (Å²) in [4.78, 5) is 43.6. The van der Waals surface area contributed by atoms with Gasteiger partial charge in [-0.3, -0.25) is 9.59 Å². The summed E-state index contributed by atoms with van der Waals surface area (Å²) in [6.45, 7) is 8.57. The Morgan fingerprint density at radius 1 is 0.979 bits per heavy atom. The van der Waals surface area contributed by atoms with Gasteiger partial charge in [0.15, 0.2) is 0 Å². The van der Waals surface area contributed by atoms with Gasteiger partial charge >= 0.3 is 20.3 Å². The normalized spacial score (nSPS) is 15.4. The Hall–Kier alpha value is -5.06. The first-order valence-electron chi connectivity index (χ1n) is 16.2. The molecule has 0 saturated carbocycles. The monoisotopic (exact) mass is 659 g/mol. The summed E-state index contributed by atoms with van der Waals surface area (Å²) >= 11 is 0. The first-order chi connectivity index (χ1) is 23.1. The Bertz CT molecular complexity index is 2100. The van der Waals surface area contributed by atoms with Crippen molar-refractivity contribution in [2.45, 2.75) is 58.4 Å². The van der Waals surface area contributed by atoms with E-state index < -0.39 is 32.9 Å². The molecular weight excluding hydrogens is 623 g/mol. The Balaban J connectivity index is 1.37. The van der Waals surface area contributed by atoms with Crippen molar-refractivity contribution in [1.29, 1.82) is 0 Å². The molecule has 0 amide bonds. The van der Waals surface area contributed by atoms with Gasteiger partial charge in [0, 0.05) is 16.5 Å². The van der Waals surface area contributed by atoms with Crippen LogP contribution < -0.4 is 26.1 Å². The molecule has 0 aliphatic carbocycles. The topological polar surface area (TPSA) is 123 Å². The molecule has 3 aromatic carbocycles. The molecule has 0 spiro atoms. The van der Waals surface area contributed by atoms with Crippen LogP contribution in [0.4, 0.5) is 0 Å². The zero-order valence-electron chi connectivity index (χ0n) is 27.4. The van der Waals surface area contributed by atoms with Crippen LogP contribution in [0.25, 0.3) is 22.3 Å². The Labute approximate surface area is 279 Å². The maximum absolute atomic E-state index is 13.8. The lowest BCUT2D eigenvalue weighted by atomic mass is 9.97. The number of benzene rings is 3. The molecule has 2 aliphatic rings. The summed E-state index contributed by atoms with van der Waals surface area (Å²) < 4.78 is 19.6. The van der Waals surface area contributed by atoms with Crippen molar-refractivity contribution in [3.63, 3.8) is 0 Å². The average Bonchev–Trinajstić information content (AvgIpc) is 3.46. The number of pyridine rings is 2. The van der Waals surface area contributed by atoms with Gasteiger partial charge in [0.2, 0.25) is 6.10 Å². The molecule has 0 unspecified atom stereocenters. The smallest absolute Gasteiger partial charge is 0.352 e. The summed E-state index contributed by atoms with van der Waals surface area (Å²) in [5, 5.41) is 3.12. The molecule has 0 radical (unpaired) electrons. The number of hydrogen-bond donors (Lipinski definition) is 1. The lowest BCUT2D eigenvalue weighted by Crippen LogP contribution is -2.68. The third-order valence-electron chi connectivity index (χ3n) is 9.48. The van der Waals surface area contributed by atoms with E-state index in [1.807, 2.05) is 24.3 Å².